The molecule has 0 aliphatic rings. The summed E-state index contributed by atoms with van der Waals surface area (Å²) in [6.45, 7) is 4.53. The Kier molecular flexibility index (Phi) is 5.93. The van der Waals surface area contributed by atoms with E-state index in [2.05, 4.69) is 0 Å². The zero-order valence-electron chi connectivity index (χ0n) is 5.96. The van der Waals surface area contributed by atoms with Crippen LogP contribution < -0.4 is 0 Å². The Bertz CT molecular complexity index is 56.3. The lowest BCUT2D eigenvalue weighted by Crippen LogP contribution is -2.12. The third-order valence-corrected chi connectivity index (χ3v) is 0.897. The minimum absolute atomic E-state index is 0.186. The third-order valence-electron chi connectivity index (χ3n) is 0.897. The molecule has 0 aromatic carbocycles. The van der Waals surface area contributed by atoms with E-state index in [0.717, 1.165) is 0 Å². The Labute approximate surface area is 55.6 Å². The fraction of sp³-hybridized carbons (Fsp3) is 1.00. The van der Waals surface area contributed by atoms with Gasteiger partial charge in [0.15, 0.2) is 6.29 Å². The van der Waals surface area contributed by atoms with Crippen LogP contribution in [-0.4, -0.2) is 24.8 Å². The molecule has 0 saturated heterocycles. The van der Waals surface area contributed by atoms with Gasteiger partial charge in [0, 0.05) is 6.61 Å². The number of ether oxygens (including phenoxy) is 2. The van der Waals surface area contributed by atoms with E-state index in [1.807, 2.05) is 13.8 Å². The standard InChI is InChI=1S/C6H14O3/c1-3-6(7)9-5-8-4-2/h6-7H,3-5H2,1-2H3. The molecule has 3 nitrogen and oxygen atoms in total. The second-order valence-corrected chi connectivity index (χ2v) is 1.64. The van der Waals surface area contributed by atoms with Gasteiger partial charge in [0.1, 0.15) is 6.79 Å². The monoisotopic (exact) mass is 134 g/mol. The molecule has 0 bridgehead atoms. The second kappa shape index (κ2) is 6.01. The molecular weight excluding hydrogens is 120 g/mol. The van der Waals surface area contributed by atoms with Gasteiger partial charge in [-0.05, 0) is 13.3 Å². The lowest BCUT2D eigenvalue weighted by Gasteiger charge is -2.07. The lowest BCUT2D eigenvalue weighted by atomic mass is 10.5. The van der Waals surface area contributed by atoms with Crippen molar-refractivity contribution in [2.75, 3.05) is 13.4 Å². The largest absolute Gasteiger partial charge is 0.368 e. The summed E-state index contributed by atoms with van der Waals surface area (Å²) >= 11 is 0. The quantitative estimate of drug-likeness (QED) is 0.445. The van der Waals surface area contributed by atoms with Crippen LogP contribution in [0.1, 0.15) is 20.3 Å². The van der Waals surface area contributed by atoms with Crippen LogP contribution in [-0.2, 0) is 9.47 Å². The van der Waals surface area contributed by atoms with Crippen molar-refractivity contribution in [2.24, 2.45) is 0 Å². The zero-order chi connectivity index (χ0) is 7.11. The topological polar surface area (TPSA) is 38.7 Å². The molecule has 3 heteroatoms. The minimum atomic E-state index is -0.670. The van der Waals surface area contributed by atoms with Crippen LogP contribution in [0.5, 0.6) is 0 Å². The molecule has 0 aliphatic carbocycles. The summed E-state index contributed by atoms with van der Waals surface area (Å²) < 4.78 is 9.59. The highest BCUT2D eigenvalue weighted by Crippen LogP contribution is 1.91. The third kappa shape index (κ3) is 5.76. The van der Waals surface area contributed by atoms with Gasteiger partial charge in [-0.3, -0.25) is 0 Å². The molecule has 0 spiro atoms. The molecule has 0 aromatic heterocycles. The van der Waals surface area contributed by atoms with E-state index < -0.39 is 6.29 Å². The fourth-order valence-corrected chi connectivity index (χ4v) is 0.328. The molecule has 0 amide bonds. The van der Waals surface area contributed by atoms with Crippen molar-refractivity contribution in [1.82, 2.24) is 0 Å². The van der Waals surface area contributed by atoms with Gasteiger partial charge in [-0.25, -0.2) is 0 Å². The molecule has 0 fully saturated rings. The Morgan fingerprint density at radius 1 is 1.44 bits per heavy atom. The van der Waals surface area contributed by atoms with Crippen molar-refractivity contribution in [3.05, 3.63) is 0 Å². The zero-order valence-corrected chi connectivity index (χ0v) is 5.96. The molecule has 1 N–H and O–H groups in total. The first-order valence-electron chi connectivity index (χ1n) is 3.18. The van der Waals surface area contributed by atoms with Gasteiger partial charge >= 0.3 is 0 Å². The molecule has 1 atom stereocenters. The molecule has 9 heavy (non-hydrogen) atoms. The van der Waals surface area contributed by atoms with E-state index in [4.69, 9.17) is 14.6 Å². The molecule has 0 aromatic rings. The van der Waals surface area contributed by atoms with Crippen LogP contribution in [0.25, 0.3) is 0 Å². The van der Waals surface area contributed by atoms with E-state index in [1.165, 1.54) is 0 Å². The highest BCUT2D eigenvalue weighted by molar-refractivity contribution is 4.29. The number of hydrogen-bond donors (Lipinski definition) is 1. The van der Waals surface area contributed by atoms with Gasteiger partial charge in [-0.1, -0.05) is 6.92 Å². The van der Waals surface area contributed by atoms with Crippen molar-refractivity contribution in [2.45, 2.75) is 26.6 Å². The van der Waals surface area contributed by atoms with E-state index in [9.17, 15) is 0 Å². The van der Waals surface area contributed by atoms with Gasteiger partial charge in [-0.2, -0.15) is 0 Å². The Morgan fingerprint density at radius 2 is 2.11 bits per heavy atom. The summed E-state index contributed by atoms with van der Waals surface area (Å²) in [5.41, 5.74) is 0. The first-order valence-corrected chi connectivity index (χ1v) is 3.18. The molecule has 1 unspecified atom stereocenters. The molecule has 0 saturated carbocycles. The number of aliphatic hydroxyl groups is 1. The smallest absolute Gasteiger partial charge is 0.157 e. The summed E-state index contributed by atoms with van der Waals surface area (Å²) in [5.74, 6) is 0. The highest BCUT2D eigenvalue weighted by atomic mass is 16.7. The molecule has 0 radical (unpaired) electrons. The van der Waals surface area contributed by atoms with Crippen molar-refractivity contribution >= 4 is 0 Å². The summed E-state index contributed by atoms with van der Waals surface area (Å²) in [4.78, 5) is 0. The van der Waals surface area contributed by atoms with Crippen LogP contribution in [0.2, 0.25) is 0 Å². The van der Waals surface area contributed by atoms with Gasteiger partial charge in [-0.15, -0.1) is 0 Å². The first-order chi connectivity index (χ1) is 4.31. The Morgan fingerprint density at radius 3 is 2.56 bits per heavy atom. The van der Waals surface area contributed by atoms with Crippen LogP contribution in [0.15, 0.2) is 0 Å². The lowest BCUT2D eigenvalue weighted by molar-refractivity contribution is -0.168. The normalized spacial score (nSPS) is 13.7. The number of rotatable bonds is 5. The van der Waals surface area contributed by atoms with E-state index >= 15 is 0 Å². The van der Waals surface area contributed by atoms with Gasteiger partial charge in [0.25, 0.3) is 0 Å². The summed E-state index contributed by atoms with van der Waals surface area (Å²) in [7, 11) is 0. The van der Waals surface area contributed by atoms with Crippen molar-refractivity contribution < 1.29 is 14.6 Å². The SMILES string of the molecule is CCOCOC(O)CC. The Hall–Kier alpha value is -0.120. The van der Waals surface area contributed by atoms with Gasteiger partial charge in [0.2, 0.25) is 0 Å². The average Bonchev–Trinajstić information content (AvgIpc) is 1.89. The molecule has 0 rings (SSSR count). The highest BCUT2D eigenvalue weighted by Gasteiger charge is 1.96. The summed E-state index contributed by atoms with van der Waals surface area (Å²) in [5, 5.41) is 8.78. The number of aliphatic hydroxyl groups excluding tert-OH is 1. The van der Waals surface area contributed by atoms with Crippen LogP contribution in [0.3, 0.4) is 0 Å². The predicted molar refractivity (Wildman–Crippen MR) is 33.9 cm³/mol. The maximum absolute atomic E-state index is 8.78. The number of hydrogen-bond acceptors (Lipinski definition) is 3. The predicted octanol–water partition coefficient (Wildman–Crippen LogP) is 0.725. The van der Waals surface area contributed by atoms with Crippen LogP contribution in [0.4, 0.5) is 0 Å². The second-order valence-electron chi connectivity index (χ2n) is 1.64. The van der Waals surface area contributed by atoms with Crippen molar-refractivity contribution in [1.29, 1.82) is 0 Å². The fourth-order valence-electron chi connectivity index (χ4n) is 0.328. The molecule has 56 valence electrons. The van der Waals surface area contributed by atoms with E-state index in [1.54, 1.807) is 0 Å². The van der Waals surface area contributed by atoms with Crippen molar-refractivity contribution in [3.63, 3.8) is 0 Å². The van der Waals surface area contributed by atoms with E-state index in [0.29, 0.717) is 13.0 Å². The van der Waals surface area contributed by atoms with Crippen LogP contribution in [0, 0.1) is 0 Å². The van der Waals surface area contributed by atoms with Crippen molar-refractivity contribution in [3.8, 4) is 0 Å². The molecular formula is C6H14O3. The summed E-state index contributed by atoms with van der Waals surface area (Å²) in [6.07, 6.45) is -0.0656. The minimum Gasteiger partial charge on any atom is -0.368 e. The maximum atomic E-state index is 8.78. The molecule has 0 aliphatic heterocycles. The van der Waals surface area contributed by atoms with Gasteiger partial charge in [0.05, 0.1) is 0 Å². The average molecular weight is 134 g/mol. The van der Waals surface area contributed by atoms with Gasteiger partial charge < -0.3 is 14.6 Å². The first kappa shape index (κ1) is 8.88. The summed E-state index contributed by atoms with van der Waals surface area (Å²) in [6, 6.07) is 0. The molecule has 0 heterocycles. The van der Waals surface area contributed by atoms with E-state index in [-0.39, 0.29) is 6.79 Å². The Balaban J connectivity index is 2.88. The van der Waals surface area contributed by atoms with Crippen LogP contribution >= 0.6 is 0 Å². The maximum Gasteiger partial charge on any atom is 0.157 e.